The number of methoxy groups -OCH3 is 1. The van der Waals surface area contributed by atoms with Crippen LogP contribution >= 0.6 is 0 Å². The fourth-order valence-corrected chi connectivity index (χ4v) is 3.46. The number of fused-ring (bicyclic) bond motifs is 3. The average Bonchev–Trinajstić information content (AvgIpc) is 2.54. The van der Waals surface area contributed by atoms with Crippen molar-refractivity contribution in [3.63, 3.8) is 0 Å². The third kappa shape index (κ3) is 3.56. The van der Waals surface area contributed by atoms with Crippen molar-refractivity contribution in [1.82, 2.24) is 10.2 Å². The molecule has 1 aromatic rings. The number of carbonyl (C=O) groups excluding carboxylic acids is 1. The third-order valence-electron chi connectivity index (χ3n) is 4.80. The molecule has 1 unspecified atom stereocenters. The Kier molecular flexibility index (Phi) is 4.44. The van der Waals surface area contributed by atoms with Gasteiger partial charge in [-0.25, -0.2) is 0 Å². The zero-order chi connectivity index (χ0) is 14.7. The number of hydrogen-bond acceptors (Lipinski definition) is 3. The van der Waals surface area contributed by atoms with E-state index in [2.05, 4.69) is 10.2 Å². The summed E-state index contributed by atoms with van der Waals surface area (Å²) < 4.78 is 5.14. The molecule has 4 heteroatoms. The summed E-state index contributed by atoms with van der Waals surface area (Å²) in [6.45, 7) is 3.46. The minimum Gasteiger partial charge on any atom is -0.497 e. The quantitative estimate of drug-likeness (QED) is 0.899. The van der Waals surface area contributed by atoms with E-state index in [4.69, 9.17) is 4.74 Å². The summed E-state index contributed by atoms with van der Waals surface area (Å²) in [7, 11) is 1.66. The Morgan fingerprint density at radius 3 is 2.57 bits per heavy atom. The van der Waals surface area contributed by atoms with Crippen LogP contribution in [0.15, 0.2) is 24.3 Å². The van der Waals surface area contributed by atoms with Gasteiger partial charge in [-0.15, -0.1) is 0 Å². The van der Waals surface area contributed by atoms with E-state index in [1.165, 1.54) is 31.5 Å². The molecule has 0 aromatic heterocycles. The molecule has 0 spiro atoms. The molecular weight excluding hydrogens is 264 g/mol. The molecule has 1 N–H and O–H groups in total. The number of carbonyl (C=O) groups is 1. The summed E-state index contributed by atoms with van der Waals surface area (Å²) in [6, 6.07) is 8.32. The van der Waals surface area contributed by atoms with Gasteiger partial charge in [0.05, 0.1) is 7.11 Å². The molecule has 3 saturated heterocycles. The Bertz CT molecular complexity index is 478. The predicted octanol–water partition coefficient (Wildman–Crippen LogP) is 1.84. The maximum atomic E-state index is 12.1. The van der Waals surface area contributed by atoms with E-state index < -0.39 is 0 Å². The number of aryl methyl sites for hydroxylation is 1. The van der Waals surface area contributed by atoms with E-state index in [1.807, 2.05) is 24.3 Å². The highest BCUT2D eigenvalue weighted by Gasteiger charge is 2.34. The lowest BCUT2D eigenvalue weighted by Gasteiger charge is -2.44. The molecule has 21 heavy (non-hydrogen) atoms. The van der Waals surface area contributed by atoms with Gasteiger partial charge in [-0.05, 0) is 56.0 Å². The number of benzene rings is 1. The second-order valence-corrected chi connectivity index (χ2v) is 6.16. The maximum absolute atomic E-state index is 12.1. The SMILES string of the molecule is COc1ccc(CCC(=O)NC2CN3CCC2CC3)cc1. The average molecular weight is 288 g/mol. The van der Waals surface area contributed by atoms with Crippen LogP contribution in [0.5, 0.6) is 5.75 Å². The Hall–Kier alpha value is -1.55. The molecule has 0 saturated carbocycles. The lowest BCUT2D eigenvalue weighted by atomic mass is 9.84. The lowest BCUT2D eigenvalue weighted by Crippen LogP contribution is -2.57. The first-order valence-corrected chi connectivity index (χ1v) is 7.89. The Morgan fingerprint density at radius 1 is 1.29 bits per heavy atom. The first-order chi connectivity index (χ1) is 10.2. The summed E-state index contributed by atoms with van der Waals surface area (Å²) in [4.78, 5) is 14.6. The summed E-state index contributed by atoms with van der Waals surface area (Å²) in [6.07, 6.45) is 3.83. The second-order valence-electron chi connectivity index (χ2n) is 6.16. The molecule has 0 radical (unpaired) electrons. The minimum atomic E-state index is 0.185. The summed E-state index contributed by atoms with van der Waals surface area (Å²) in [5.74, 6) is 1.74. The van der Waals surface area contributed by atoms with Crippen LogP contribution in [0.2, 0.25) is 0 Å². The van der Waals surface area contributed by atoms with Gasteiger partial charge < -0.3 is 15.0 Å². The van der Waals surface area contributed by atoms with Crippen molar-refractivity contribution in [3.8, 4) is 5.75 Å². The van der Waals surface area contributed by atoms with Crippen molar-refractivity contribution in [3.05, 3.63) is 29.8 Å². The largest absolute Gasteiger partial charge is 0.497 e. The fraction of sp³-hybridized carbons (Fsp3) is 0.588. The van der Waals surface area contributed by atoms with Gasteiger partial charge in [0.1, 0.15) is 5.75 Å². The van der Waals surface area contributed by atoms with Gasteiger partial charge in [-0.1, -0.05) is 12.1 Å². The highest BCUT2D eigenvalue weighted by molar-refractivity contribution is 5.76. The summed E-state index contributed by atoms with van der Waals surface area (Å²) in [5, 5.41) is 3.24. The van der Waals surface area contributed by atoms with Crippen LogP contribution in [0.1, 0.15) is 24.8 Å². The van der Waals surface area contributed by atoms with Crippen LogP contribution in [0, 0.1) is 5.92 Å². The van der Waals surface area contributed by atoms with Gasteiger partial charge in [0.15, 0.2) is 0 Å². The first-order valence-electron chi connectivity index (χ1n) is 7.89. The van der Waals surface area contributed by atoms with E-state index in [-0.39, 0.29) is 5.91 Å². The molecule has 1 aromatic carbocycles. The number of nitrogens with zero attached hydrogens (tertiary/aromatic N) is 1. The van der Waals surface area contributed by atoms with E-state index in [9.17, 15) is 4.79 Å². The van der Waals surface area contributed by atoms with Crippen LogP contribution < -0.4 is 10.1 Å². The molecular formula is C17H24N2O2. The molecule has 1 atom stereocenters. The number of rotatable bonds is 5. The zero-order valence-corrected chi connectivity index (χ0v) is 12.7. The zero-order valence-electron chi connectivity index (χ0n) is 12.7. The maximum Gasteiger partial charge on any atom is 0.220 e. The van der Waals surface area contributed by atoms with Crippen molar-refractivity contribution in [2.24, 2.45) is 5.92 Å². The smallest absolute Gasteiger partial charge is 0.220 e. The van der Waals surface area contributed by atoms with Crippen molar-refractivity contribution < 1.29 is 9.53 Å². The topological polar surface area (TPSA) is 41.6 Å². The number of piperidine rings is 3. The fourth-order valence-electron chi connectivity index (χ4n) is 3.46. The van der Waals surface area contributed by atoms with Crippen LogP contribution in [-0.4, -0.2) is 43.6 Å². The first kappa shape index (κ1) is 14.4. The van der Waals surface area contributed by atoms with Crippen molar-refractivity contribution in [2.45, 2.75) is 31.7 Å². The molecule has 3 fully saturated rings. The molecule has 114 valence electrons. The van der Waals surface area contributed by atoms with E-state index in [0.29, 0.717) is 18.4 Å². The standard InChI is InChI=1S/C17H24N2O2/c1-21-15-5-2-13(3-6-15)4-7-17(20)18-16-12-19-10-8-14(16)9-11-19/h2-3,5-6,14,16H,4,7-12H2,1H3,(H,18,20). The number of nitrogens with one attached hydrogen (secondary N) is 1. The van der Waals surface area contributed by atoms with Gasteiger partial charge in [0.25, 0.3) is 0 Å². The molecule has 3 heterocycles. The second kappa shape index (κ2) is 6.48. The van der Waals surface area contributed by atoms with Gasteiger partial charge in [0.2, 0.25) is 5.91 Å². The molecule has 3 aliphatic heterocycles. The molecule has 0 aliphatic carbocycles. The molecule has 2 bridgehead atoms. The third-order valence-corrected chi connectivity index (χ3v) is 4.80. The van der Waals surface area contributed by atoms with Gasteiger partial charge >= 0.3 is 0 Å². The van der Waals surface area contributed by atoms with Crippen molar-refractivity contribution in [2.75, 3.05) is 26.7 Å². The minimum absolute atomic E-state index is 0.185. The molecule has 4 rings (SSSR count). The Morgan fingerprint density at radius 2 is 2.00 bits per heavy atom. The lowest BCUT2D eigenvalue weighted by molar-refractivity contribution is -0.123. The monoisotopic (exact) mass is 288 g/mol. The van der Waals surface area contributed by atoms with E-state index >= 15 is 0 Å². The highest BCUT2D eigenvalue weighted by atomic mass is 16.5. The van der Waals surface area contributed by atoms with Crippen molar-refractivity contribution in [1.29, 1.82) is 0 Å². The Labute approximate surface area is 126 Å². The van der Waals surface area contributed by atoms with Crippen LogP contribution in [0.3, 0.4) is 0 Å². The number of hydrogen-bond donors (Lipinski definition) is 1. The van der Waals surface area contributed by atoms with Gasteiger partial charge in [-0.3, -0.25) is 4.79 Å². The van der Waals surface area contributed by atoms with Crippen LogP contribution in [-0.2, 0) is 11.2 Å². The van der Waals surface area contributed by atoms with E-state index in [0.717, 1.165) is 18.7 Å². The van der Waals surface area contributed by atoms with Crippen LogP contribution in [0.4, 0.5) is 0 Å². The van der Waals surface area contributed by atoms with Crippen LogP contribution in [0.25, 0.3) is 0 Å². The highest BCUT2D eigenvalue weighted by Crippen LogP contribution is 2.27. The van der Waals surface area contributed by atoms with Gasteiger partial charge in [-0.2, -0.15) is 0 Å². The number of ether oxygens (including phenoxy) is 1. The van der Waals surface area contributed by atoms with E-state index in [1.54, 1.807) is 7.11 Å². The number of amides is 1. The van der Waals surface area contributed by atoms with Gasteiger partial charge in [0, 0.05) is 19.0 Å². The predicted molar refractivity (Wildman–Crippen MR) is 82.4 cm³/mol. The molecule has 1 amide bonds. The molecule has 3 aliphatic rings. The summed E-state index contributed by atoms with van der Waals surface area (Å²) >= 11 is 0. The van der Waals surface area contributed by atoms with Crippen molar-refractivity contribution >= 4 is 5.91 Å². The normalized spacial score (nSPS) is 27.4. The summed E-state index contributed by atoms with van der Waals surface area (Å²) in [5.41, 5.74) is 1.18. The Balaban J connectivity index is 1.45. The molecule has 4 nitrogen and oxygen atoms in total.